The van der Waals surface area contributed by atoms with Gasteiger partial charge in [0.1, 0.15) is 0 Å². The molecule has 0 radical (unpaired) electrons. The Bertz CT molecular complexity index is 149. The molecule has 1 aliphatic rings. The van der Waals surface area contributed by atoms with Gasteiger partial charge < -0.3 is 9.47 Å². The normalized spacial score (nSPS) is 27.2. The maximum absolute atomic E-state index is 5.71. The van der Waals surface area contributed by atoms with E-state index < -0.39 is 0 Å². The number of hydrogen-bond donors (Lipinski definition) is 0. The first-order chi connectivity index (χ1) is 7.24. The third-order valence-corrected chi connectivity index (χ3v) is 3.23. The van der Waals surface area contributed by atoms with Crippen LogP contribution in [0.5, 0.6) is 0 Å². The summed E-state index contributed by atoms with van der Waals surface area (Å²) in [7, 11) is 0. The summed E-state index contributed by atoms with van der Waals surface area (Å²) in [6.45, 7) is 8.48. The Hall–Kier alpha value is -0.0800. The van der Waals surface area contributed by atoms with Crippen LogP contribution in [-0.4, -0.2) is 19.5 Å². The van der Waals surface area contributed by atoms with E-state index in [9.17, 15) is 0 Å². The zero-order valence-electron chi connectivity index (χ0n) is 10.5. The smallest absolute Gasteiger partial charge is 0.157 e. The van der Waals surface area contributed by atoms with Crippen LogP contribution in [0.15, 0.2) is 0 Å². The van der Waals surface area contributed by atoms with Crippen LogP contribution in [0.25, 0.3) is 0 Å². The summed E-state index contributed by atoms with van der Waals surface area (Å²) >= 11 is 0. The van der Waals surface area contributed by atoms with Crippen molar-refractivity contribution in [3.8, 4) is 0 Å². The first-order valence-electron chi connectivity index (χ1n) is 6.47. The van der Waals surface area contributed by atoms with E-state index in [2.05, 4.69) is 20.8 Å². The molecule has 0 bridgehead atoms. The third-order valence-electron chi connectivity index (χ3n) is 3.23. The predicted molar refractivity (Wildman–Crippen MR) is 62.8 cm³/mol. The molecule has 0 N–H and O–H groups in total. The molecule has 90 valence electrons. The topological polar surface area (TPSA) is 18.5 Å². The number of hydrogen-bond acceptors (Lipinski definition) is 2. The quantitative estimate of drug-likeness (QED) is 0.629. The molecule has 1 saturated heterocycles. The van der Waals surface area contributed by atoms with Crippen molar-refractivity contribution in [2.75, 3.05) is 13.2 Å². The van der Waals surface area contributed by atoms with E-state index in [1.807, 2.05) is 0 Å². The highest BCUT2D eigenvalue weighted by atomic mass is 16.7. The fourth-order valence-corrected chi connectivity index (χ4v) is 1.85. The first kappa shape index (κ1) is 13.0. The average Bonchev–Trinajstić information content (AvgIpc) is 2.25. The van der Waals surface area contributed by atoms with Crippen molar-refractivity contribution < 1.29 is 9.47 Å². The van der Waals surface area contributed by atoms with E-state index in [-0.39, 0.29) is 6.29 Å². The zero-order chi connectivity index (χ0) is 11.1. The lowest BCUT2D eigenvalue weighted by Gasteiger charge is -2.31. The monoisotopic (exact) mass is 214 g/mol. The Morgan fingerprint density at radius 2 is 1.73 bits per heavy atom. The summed E-state index contributed by atoms with van der Waals surface area (Å²) in [5, 5.41) is 0. The van der Waals surface area contributed by atoms with Gasteiger partial charge in [-0.3, -0.25) is 0 Å². The van der Waals surface area contributed by atoms with Crippen molar-refractivity contribution in [2.45, 2.75) is 59.2 Å². The molecule has 0 aromatic carbocycles. The maximum Gasteiger partial charge on any atom is 0.157 e. The SMILES string of the molecule is CCCCCCC1OCC(C(C)C)CO1. The minimum atomic E-state index is 0.0804. The number of unbranched alkanes of at least 4 members (excludes halogenated alkanes) is 3. The Kier molecular flexibility index (Phi) is 6.26. The molecule has 0 unspecified atom stereocenters. The fraction of sp³-hybridized carbons (Fsp3) is 1.00. The summed E-state index contributed by atoms with van der Waals surface area (Å²) < 4.78 is 11.4. The van der Waals surface area contributed by atoms with E-state index in [1.54, 1.807) is 0 Å². The minimum absolute atomic E-state index is 0.0804. The highest BCUT2D eigenvalue weighted by Gasteiger charge is 2.23. The number of ether oxygens (including phenoxy) is 2. The van der Waals surface area contributed by atoms with Crippen molar-refractivity contribution >= 4 is 0 Å². The highest BCUT2D eigenvalue weighted by molar-refractivity contribution is 4.66. The lowest BCUT2D eigenvalue weighted by molar-refractivity contribution is -0.209. The summed E-state index contributed by atoms with van der Waals surface area (Å²) in [5.41, 5.74) is 0. The van der Waals surface area contributed by atoms with Crippen LogP contribution in [0.1, 0.15) is 52.9 Å². The van der Waals surface area contributed by atoms with Gasteiger partial charge in [-0.05, 0) is 18.8 Å². The summed E-state index contributed by atoms with van der Waals surface area (Å²) in [6, 6.07) is 0. The first-order valence-corrected chi connectivity index (χ1v) is 6.47. The molecule has 0 amide bonds. The van der Waals surface area contributed by atoms with Crippen molar-refractivity contribution in [2.24, 2.45) is 11.8 Å². The molecule has 0 aromatic heterocycles. The lowest BCUT2D eigenvalue weighted by Crippen LogP contribution is -2.34. The van der Waals surface area contributed by atoms with Crippen molar-refractivity contribution in [3.63, 3.8) is 0 Å². The molecule has 1 fully saturated rings. The van der Waals surface area contributed by atoms with Gasteiger partial charge in [-0.1, -0.05) is 40.0 Å². The van der Waals surface area contributed by atoms with Crippen LogP contribution < -0.4 is 0 Å². The maximum atomic E-state index is 5.71. The molecule has 0 atom stereocenters. The van der Waals surface area contributed by atoms with Gasteiger partial charge in [-0.25, -0.2) is 0 Å². The largest absolute Gasteiger partial charge is 0.352 e. The van der Waals surface area contributed by atoms with Gasteiger partial charge in [0.15, 0.2) is 6.29 Å². The standard InChI is InChI=1S/C13H26O2/c1-4-5-6-7-8-13-14-9-12(10-15-13)11(2)3/h11-13H,4-10H2,1-3H3. The molecule has 0 spiro atoms. The van der Waals surface area contributed by atoms with Crippen LogP contribution in [0.2, 0.25) is 0 Å². The van der Waals surface area contributed by atoms with Gasteiger partial charge in [0.05, 0.1) is 13.2 Å². The fourth-order valence-electron chi connectivity index (χ4n) is 1.85. The molecular weight excluding hydrogens is 188 g/mol. The van der Waals surface area contributed by atoms with Crippen molar-refractivity contribution in [3.05, 3.63) is 0 Å². The second-order valence-corrected chi connectivity index (χ2v) is 4.95. The summed E-state index contributed by atoms with van der Waals surface area (Å²) in [6.07, 6.45) is 6.34. The molecule has 15 heavy (non-hydrogen) atoms. The third kappa shape index (κ3) is 4.98. The summed E-state index contributed by atoms with van der Waals surface area (Å²) in [5.74, 6) is 1.27. The lowest BCUT2D eigenvalue weighted by atomic mass is 9.97. The molecule has 0 aliphatic carbocycles. The highest BCUT2D eigenvalue weighted by Crippen LogP contribution is 2.21. The molecule has 0 aromatic rings. The second-order valence-electron chi connectivity index (χ2n) is 4.95. The van der Waals surface area contributed by atoms with Crippen molar-refractivity contribution in [1.82, 2.24) is 0 Å². The van der Waals surface area contributed by atoms with Gasteiger partial charge in [0.2, 0.25) is 0 Å². The van der Waals surface area contributed by atoms with E-state index in [4.69, 9.17) is 9.47 Å². The zero-order valence-corrected chi connectivity index (χ0v) is 10.5. The second kappa shape index (κ2) is 7.24. The molecule has 2 heteroatoms. The molecule has 1 aliphatic heterocycles. The van der Waals surface area contributed by atoms with E-state index in [1.165, 1.54) is 25.7 Å². The molecule has 1 rings (SSSR count). The van der Waals surface area contributed by atoms with Crippen LogP contribution >= 0.6 is 0 Å². The van der Waals surface area contributed by atoms with Crippen LogP contribution in [0, 0.1) is 11.8 Å². The molecule has 0 saturated carbocycles. The minimum Gasteiger partial charge on any atom is -0.352 e. The van der Waals surface area contributed by atoms with Gasteiger partial charge in [-0.2, -0.15) is 0 Å². The van der Waals surface area contributed by atoms with Crippen LogP contribution in [0.3, 0.4) is 0 Å². The van der Waals surface area contributed by atoms with E-state index in [0.29, 0.717) is 11.8 Å². The summed E-state index contributed by atoms with van der Waals surface area (Å²) in [4.78, 5) is 0. The Morgan fingerprint density at radius 1 is 1.07 bits per heavy atom. The Balaban J connectivity index is 2.04. The molecule has 1 heterocycles. The van der Waals surface area contributed by atoms with Gasteiger partial charge in [0.25, 0.3) is 0 Å². The average molecular weight is 214 g/mol. The van der Waals surface area contributed by atoms with Gasteiger partial charge >= 0.3 is 0 Å². The van der Waals surface area contributed by atoms with Gasteiger partial charge in [0, 0.05) is 5.92 Å². The van der Waals surface area contributed by atoms with E-state index in [0.717, 1.165) is 19.6 Å². The van der Waals surface area contributed by atoms with Crippen LogP contribution in [0.4, 0.5) is 0 Å². The Labute approximate surface area is 94.3 Å². The van der Waals surface area contributed by atoms with Gasteiger partial charge in [-0.15, -0.1) is 0 Å². The predicted octanol–water partition coefficient (Wildman–Crippen LogP) is 3.60. The molecule has 2 nitrogen and oxygen atoms in total. The van der Waals surface area contributed by atoms with Crippen molar-refractivity contribution in [1.29, 1.82) is 0 Å². The van der Waals surface area contributed by atoms with Crippen LogP contribution in [-0.2, 0) is 9.47 Å². The number of rotatable bonds is 6. The van der Waals surface area contributed by atoms with E-state index >= 15 is 0 Å². The molecular formula is C13H26O2. The Morgan fingerprint density at radius 3 is 2.27 bits per heavy atom.